The fourth-order valence-corrected chi connectivity index (χ4v) is 3.85. The molecule has 1 aromatic carbocycles. The number of fused-ring (bicyclic) bond motifs is 1. The van der Waals surface area contributed by atoms with E-state index in [4.69, 9.17) is 4.98 Å². The molecule has 0 radical (unpaired) electrons. The average molecular weight is 436 g/mol. The van der Waals surface area contributed by atoms with Crippen LogP contribution in [0.25, 0.3) is 16.9 Å². The second-order valence-electron chi connectivity index (χ2n) is 8.29. The first kappa shape index (κ1) is 25.6. The zero-order valence-corrected chi connectivity index (χ0v) is 20.9. The molecule has 0 fully saturated rings. The molecule has 2 aromatic heterocycles. The summed E-state index contributed by atoms with van der Waals surface area (Å²) in [5.74, 6) is 0.765. The van der Waals surface area contributed by atoms with Gasteiger partial charge in [0.05, 0.1) is 11.4 Å². The van der Waals surface area contributed by atoms with Crippen LogP contribution in [0.3, 0.4) is 0 Å². The molecule has 0 aliphatic heterocycles. The number of anilines is 1. The summed E-state index contributed by atoms with van der Waals surface area (Å²) in [6.45, 7) is 14.9. The molecule has 0 aliphatic carbocycles. The quantitative estimate of drug-likeness (QED) is 0.344. The predicted molar refractivity (Wildman–Crippen MR) is 139 cm³/mol. The van der Waals surface area contributed by atoms with Crippen molar-refractivity contribution in [2.24, 2.45) is 5.92 Å². The molecular weight excluding hydrogens is 394 g/mol. The van der Waals surface area contributed by atoms with Gasteiger partial charge in [-0.15, -0.1) is 0 Å². The lowest BCUT2D eigenvalue weighted by Gasteiger charge is -2.25. The van der Waals surface area contributed by atoms with Crippen molar-refractivity contribution >= 4 is 11.3 Å². The lowest BCUT2D eigenvalue weighted by Crippen LogP contribution is -2.26. The van der Waals surface area contributed by atoms with Gasteiger partial charge in [0.25, 0.3) is 5.56 Å². The van der Waals surface area contributed by atoms with Crippen LogP contribution in [0.2, 0.25) is 0 Å². The second kappa shape index (κ2) is 13.0. The summed E-state index contributed by atoms with van der Waals surface area (Å²) in [6, 6.07) is 14.0. The second-order valence-corrected chi connectivity index (χ2v) is 8.29. The Morgan fingerprint density at radius 2 is 1.81 bits per heavy atom. The van der Waals surface area contributed by atoms with Crippen LogP contribution in [-0.2, 0) is 6.42 Å². The Kier molecular flexibility index (Phi) is 10.5. The summed E-state index contributed by atoms with van der Waals surface area (Å²) < 4.78 is 1.68. The molecule has 0 aliphatic rings. The number of benzene rings is 1. The van der Waals surface area contributed by atoms with E-state index in [-0.39, 0.29) is 5.56 Å². The van der Waals surface area contributed by atoms with Gasteiger partial charge in [-0.1, -0.05) is 66.2 Å². The third-order valence-corrected chi connectivity index (χ3v) is 5.96. The van der Waals surface area contributed by atoms with Crippen LogP contribution in [0.1, 0.15) is 72.8 Å². The molecule has 3 rings (SSSR count). The van der Waals surface area contributed by atoms with E-state index in [0.717, 1.165) is 48.8 Å². The Morgan fingerprint density at radius 1 is 1.03 bits per heavy atom. The van der Waals surface area contributed by atoms with Crippen molar-refractivity contribution in [2.45, 2.75) is 73.6 Å². The lowest BCUT2D eigenvalue weighted by atomic mass is 10.0. The van der Waals surface area contributed by atoms with Gasteiger partial charge >= 0.3 is 0 Å². The molecule has 0 N–H and O–H groups in total. The van der Waals surface area contributed by atoms with E-state index < -0.39 is 0 Å². The standard InChI is InChI=1S/C26H35N3O.C2H6/c1-5-15-28(16-9-10-20(4)6-2)23-13-14-25-27-24(18-26(30)29(25)19-23)22-12-8-11-21(7-3)17-22;1-2/h8,11-14,17-20H,5-7,9-10,15-16H2,1-4H3;1-2H3. The van der Waals surface area contributed by atoms with Crippen molar-refractivity contribution in [1.29, 1.82) is 0 Å². The summed E-state index contributed by atoms with van der Waals surface area (Å²) in [4.78, 5) is 20.1. The highest BCUT2D eigenvalue weighted by atomic mass is 16.1. The van der Waals surface area contributed by atoms with E-state index in [0.29, 0.717) is 5.65 Å². The summed E-state index contributed by atoms with van der Waals surface area (Å²) in [5.41, 5.74) is 4.74. The molecule has 0 amide bonds. The normalized spacial score (nSPS) is 11.7. The van der Waals surface area contributed by atoms with Crippen molar-refractivity contribution in [1.82, 2.24) is 9.38 Å². The first-order valence-electron chi connectivity index (χ1n) is 12.4. The summed E-state index contributed by atoms with van der Waals surface area (Å²) >= 11 is 0. The molecule has 1 atom stereocenters. The van der Waals surface area contributed by atoms with Crippen molar-refractivity contribution in [3.8, 4) is 11.3 Å². The molecule has 0 spiro atoms. The van der Waals surface area contributed by atoms with Crippen LogP contribution in [0.15, 0.2) is 53.5 Å². The zero-order chi connectivity index (χ0) is 23.5. The number of nitrogens with zero attached hydrogens (tertiary/aromatic N) is 3. The van der Waals surface area contributed by atoms with E-state index in [1.165, 1.54) is 24.8 Å². The van der Waals surface area contributed by atoms with Gasteiger partial charge < -0.3 is 4.90 Å². The van der Waals surface area contributed by atoms with Crippen molar-refractivity contribution in [2.75, 3.05) is 18.0 Å². The number of hydrogen-bond donors (Lipinski definition) is 0. The van der Waals surface area contributed by atoms with Gasteiger partial charge in [0.2, 0.25) is 0 Å². The molecule has 174 valence electrons. The van der Waals surface area contributed by atoms with Crippen molar-refractivity contribution in [3.05, 3.63) is 64.6 Å². The monoisotopic (exact) mass is 435 g/mol. The number of pyridine rings is 1. The van der Waals surface area contributed by atoms with Crippen LogP contribution >= 0.6 is 0 Å². The minimum atomic E-state index is -0.0326. The molecule has 0 saturated heterocycles. The third-order valence-electron chi connectivity index (χ3n) is 5.96. The highest BCUT2D eigenvalue weighted by Gasteiger charge is 2.10. The highest BCUT2D eigenvalue weighted by Crippen LogP contribution is 2.21. The van der Waals surface area contributed by atoms with Gasteiger partial charge in [0.1, 0.15) is 5.65 Å². The van der Waals surface area contributed by atoms with Crippen LogP contribution in [0.5, 0.6) is 0 Å². The maximum atomic E-state index is 12.9. The Balaban J connectivity index is 0.00000176. The molecule has 0 bridgehead atoms. The first-order chi connectivity index (χ1) is 15.5. The van der Waals surface area contributed by atoms with Crippen LogP contribution in [0.4, 0.5) is 5.69 Å². The van der Waals surface area contributed by atoms with Crippen LogP contribution in [-0.4, -0.2) is 22.5 Å². The van der Waals surface area contributed by atoms with E-state index >= 15 is 0 Å². The molecular formula is C28H41N3O. The van der Waals surface area contributed by atoms with E-state index in [1.54, 1.807) is 10.5 Å². The summed E-state index contributed by atoms with van der Waals surface area (Å²) in [7, 11) is 0. The molecule has 1 unspecified atom stereocenters. The summed E-state index contributed by atoms with van der Waals surface area (Å²) in [5, 5.41) is 0. The number of aryl methyl sites for hydroxylation is 1. The zero-order valence-electron chi connectivity index (χ0n) is 20.9. The Bertz CT molecular complexity index is 1020. The van der Waals surface area contributed by atoms with Crippen molar-refractivity contribution < 1.29 is 0 Å². The van der Waals surface area contributed by atoms with E-state index in [1.807, 2.05) is 38.2 Å². The topological polar surface area (TPSA) is 37.6 Å². The molecule has 3 aromatic rings. The lowest BCUT2D eigenvalue weighted by molar-refractivity contribution is 0.493. The Morgan fingerprint density at radius 3 is 2.50 bits per heavy atom. The predicted octanol–water partition coefficient (Wildman–Crippen LogP) is 6.99. The Labute approximate surface area is 194 Å². The number of rotatable bonds is 10. The number of hydrogen-bond acceptors (Lipinski definition) is 3. The Hall–Kier alpha value is -2.62. The fourth-order valence-electron chi connectivity index (χ4n) is 3.85. The molecule has 32 heavy (non-hydrogen) atoms. The minimum absolute atomic E-state index is 0.0326. The summed E-state index contributed by atoms with van der Waals surface area (Å²) in [6.07, 6.45) is 7.65. The third kappa shape index (κ3) is 6.69. The van der Waals surface area contributed by atoms with Gasteiger partial charge in [-0.05, 0) is 55.4 Å². The SMILES string of the molecule is CC.CCCN(CCCC(C)CC)c1ccc2nc(-c3cccc(CC)c3)cc(=O)n2c1. The van der Waals surface area contributed by atoms with E-state index in [9.17, 15) is 4.79 Å². The smallest absolute Gasteiger partial charge is 0.258 e. The minimum Gasteiger partial charge on any atom is -0.370 e. The van der Waals surface area contributed by atoms with E-state index in [2.05, 4.69) is 50.8 Å². The average Bonchev–Trinajstić information content (AvgIpc) is 2.84. The maximum absolute atomic E-state index is 12.9. The van der Waals surface area contributed by atoms with Gasteiger partial charge in [0.15, 0.2) is 0 Å². The number of aromatic nitrogens is 2. The van der Waals surface area contributed by atoms with Gasteiger partial charge in [-0.3, -0.25) is 9.20 Å². The van der Waals surface area contributed by atoms with Crippen molar-refractivity contribution in [3.63, 3.8) is 0 Å². The molecule has 2 heterocycles. The van der Waals surface area contributed by atoms with Gasteiger partial charge in [-0.25, -0.2) is 4.98 Å². The largest absolute Gasteiger partial charge is 0.370 e. The molecule has 0 saturated carbocycles. The van der Waals surface area contributed by atoms with Crippen LogP contribution in [0, 0.1) is 5.92 Å². The fraction of sp³-hybridized carbons (Fsp3) is 0.500. The molecule has 4 heteroatoms. The van der Waals surface area contributed by atoms with Gasteiger partial charge in [0, 0.05) is 30.9 Å². The highest BCUT2D eigenvalue weighted by molar-refractivity contribution is 5.63. The first-order valence-corrected chi connectivity index (χ1v) is 12.4. The molecule has 4 nitrogen and oxygen atoms in total. The van der Waals surface area contributed by atoms with Gasteiger partial charge in [-0.2, -0.15) is 0 Å². The maximum Gasteiger partial charge on any atom is 0.258 e. The van der Waals surface area contributed by atoms with Crippen LogP contribution < -0.4 is 10.5 Å².